The number of hydrogen-bond acceptors (Lipinski definition) is 0. The summed E-state index contributed by atoms with van der Waals surface area (Å²) in [6.45, 7) is 2.32. The van der Waals surface area contributed by atoms with E-state index in [9.17, 15) is 4.39 Å². The number of hydrogen-bond donors (Lipinski definition) is 0. The molecule has 0 radical (unpaired) electrons. The van der Waals surface area contributed by atoms with E-state index in [1.54, 1.807) is 12.1 Å². The molecule has 0 unspecified atom stereocenters. The van der Waals surface area contributed by atoms with Gasteiger partial charge < -0.3 is 0 Å². The third-order valence-corrected chi connectivity index (χ3v) is 5.50. The van der Waals surface area contributed by atoms with Crippen molar-refractivity contribution in [3.8, 4) is 11.1 Å². The summed E-state index contributed by atoms with van der Waals surface area (Å²) in [5.41, 5.74) is 3.45. The number of rotatable bonds is 5. The summed E-state index contributed by atoms with van der Waals surface area (Å²) in [4.78, 5) is 0. The SMILES string of the molecule is CCC1CCC(CCc2ccc(-c3cccc(F)c3)cc2)CC1. The van der Waals surface area contributed by atoms with Crippen molar-refractivity contribution in [2.45, 2.75) is 51.9 Å². The minimum Gasteiger partial charge on any atom is -0.207 e. The smallest absolute Gasteiger partial charge is 0.123 e. The molecule has 1 fully saturated rings. The molecule has 0 atom stereocenters. The van der Waals surface area contributed by atoms with Crippen molar-refractivity contribution in [3.63, 3.8) is 0 Å². The molecule has 0 N–H and O–H groups in total. The molecular formula is C22H27F. The lowest BCUT2D eigenvalue weighted by molar-refractivity contribution is 0.259. The van der Waals surface area contributed by atoms with E-state index in [-0.39, 0.29) is 5.82 Å². The molecule has 2 aromatic rings. The van der Waals surface area contributed by atoms with Gasteiger partial charge in [0.1, 0.15) is 5.82 Å². The van der Waals surface area contributed by atoms with Gasteiger partial charge in [0.2, 0.25) is 0 Å². The van der Waals surface area contributed by atoms with Crippen molar-refractivity contribution in [2.75, 3.05) is 0 Å². The predicted molar refractivity (Wildman–Crippen MR) is 95.9 cm³/mol. The molecule has 1 saturated carbocycles. The lowest BCUT2D eigenvalue weighted by Gasteiger charge is -2.27. The summed E-state index contributed by atoms with van der Waals surface area (Å²) < 4.78 is 13.3. The van der Waals surface area contributed by atoms with Gasteiger partial charge in [-0.05, 0) is 53.5 Å². The van der Waals surface area contributed by atoms with Crippen LogP contribution in [0.4, 0.5) is 4.39 Å². The fourth-order valence-corrected chi connectivity index (χ4v) is 3.83. The zero-order chi connectivity index (χ0) is 16.1. The van der Waals surface area contributed by atoms with Gasteiger partial charge in [0.15, 0.2) is 0 Å². The van der Waals surface area contributed by atoms with Crippen LogP contribution < -0.4 is 0 Å². The number of halogens is 1. The average molecular weight is 310 g/mol. The molecule has 0 saturated heterocycles. The highest BCUT2D eigenvalue weighted by molar-refractivity contribution is 5.63. The molecule has 2 aromatic carbocycles. The van der Waals surface area contributed by atoms with Gasteiger partial charge in [-0.3, -0.25) is 0 Å². The van der Waals surface area contributed by atoms with Crippen molar-refractivity contribution in [3.05, 3.63) is 59.9 Å². The second-order valence-electron chi connectivity index (χ2n) is 7.04. The second kappa shape index (κ2) is 7.77. The van der Waals surface area contributed by atoms with Gasteiger partial charge in [-0.15, -0.1) is 0 Å². The van der Waals surface area contributed by atoms with E-state index >= 15 is 0 Å². The fourth-order valence-electron chi connectivity index (χ4n) is 3.83. The van der Waals surface area contributed by atoms with Crippen LogP contribution in [0.5, 0.6) is 0 Å². The van der Waals surface area contributed by atoms with Crippen molar-refractivity contribution in [1.29, 1.82) is 0 Å². The summed E-state index contributed by atoms with van der Waals surface area (Å²) in [7, 11) is 0. The Morgan fingerprint density at radius 3 is 2.22 bits per heavy atom. The second-order valence-corrected chi connectivity index (χ2v) is 7.04. The Kier molecular flexibility index (Phi) is 5.48. The Labute approximate surface area is 139 Å². The van der Waals surface area contributed by atoms with Gasteiger partial charge in [-0.1, -0.05) is 75.4 Å². The Balaban J connectivity index is 1.54. The largest absolute Gasteiger partial charge is 0.207 e. The maximum atomic E-state index is 13.3. The van der Waals surface area contributed by atoms with Crippen molar-refractivity contribution < 1.29 is 4.39 Å². The van der Waals surface area contributed by atoms with Crippen molar-refractivity contribution in [2.24, 2.45) is 11.8 Å². The van der Waals surface area contributed by atoms with E-state index in [0.717, 1.165) is 23.0 Å². The molecule has 1 aliphatic carbocycles. The third kappa shape index (κ3) is 4.43. The van der Waals surface area contributed by atoms with Crippen LogP contribution in [0.25, 0.3) is 11.1 Å². The minimum absolute atomic E-state index is 0.172. The quantitative estimate of drug-likeness (QED) is 0.580. The van der Waals surface area contributed by atoms with Crippen LogP contribution in [-0.4, -0.2) is 0 Å². The zero-order valence-corrected chi connectivity index (χ0v) is 14.1. The lowest BCUT2D eigenvalue weighted by atomic mass is 9.78. The highest BCUT2D eigenvalue weighted by Gasteiger charge is 2.19. The Hall–Kier alpha value is -1.63. The van der Waals surface area contributed by atoms with Gasteiger partial charge >= 0.3 is 0 Å². The molecule has 0 aromatic heterocycles. The minimum atomic E-state index is -0.172. The number of aryl methyl sites for hydroxylation is 1. The molecule has 122 valence electrons. The highest BCUT2D eigenvalue weighted by atomic mass is 19.1. The maximum Gasteiger partial charge on any atom is 0.123 e. The fraction of sp³-hybridized carbons (Fsp3) is 0.455. The Morgan fingerprint density at radius 1 is 0.870 bits per heavy atom. The lowest BCUT2D eigenvalue weighted by Crippen LogP contribution is -2.14. The molecule has 3 rings (SSSR count). The standard InChI is InChI=1S/C22H27F/c1-2-17-6-8-18(9-7-17)10-11-19-12-14-20(15-13-19)21-4-3-5-22(23)16-21/h3-5,12-18H,2,6-11H2,1H3. The summed E-state index contributed by atoms with van der Waals surface area (Å²) in [5, 5.41) is 0. The van der Waals surface area contributed by atoms with E-state index in [0.29, 0.717) is 0 Å². The van der Waals surface area contributed by atoms with Gasteiger partial charge in [0, 0.05) is 0 Å². The summed E-state index contributed by atoms with van der Waals surface area (Å²) >= 11 is 0. The van der Waals surface area contributed by atoms with Crippen LogP contribution in [0.15, 0.2) is 48.5 Å². The maximum absolute atomic E-state index is 13.3. The normalized spacial score (nSPS) is 21.3. The highest BCUT2D eigenvalue weighted by Crippen LogP contribution is 2.33. The van der Waals surface area contributed by atoms with Gasteiger partial charge in [-0.25, -0.2) is 4.39 Å². The molecular weight excluding hydrogens is 283 g/mol. The summed E-state index contributed by atoms with van der Waals surface area (Å²) in [6.07, 6.45) is 9.54. The van der Waals surface area contributed by atoms with Gasteiger partial charge in [-0.2, -0.15) is 0 Å². The average Bonchev–Trinajstić information content (AvgIpc) is 2.61. The first-order valence-corrected chi connectivity index (χ1v) is 9.09. The Bertz CT molecular complexity index is 606. The molecule has 1 aliphatic rings. The first-order valence-electron chi connectivity index (χ1n) is 9.09. The molecule has 0 spiro atoms. The van der Waals surface area contributed by atoms with Gasteiger partial charge in [0.05, 0.1) is 0 Å². The molecule has 23 heavy (non-hydrogen) atoms. The van der Waals surface area contributed by atoms with E-state index in [1.165, 1.54) is 56.6 Å². The van der Waals surface area contributed by atoms with Crippen LogP contribution in [0.3, 0.4) is 0 Å². The van der Waals surface area contributed by atoms with E-state index in [2.05, 4.69) is 31.2 Å². The topological polar surface area (TPSA) is 0 Å². The summed E-state index contributed by atoms with van der Waals surface area (Å²) in [5.74, 6) is 1.73. The monoisotopic (exact) mass is 310 g/mol. The number of benzene rings is 2. The van der Waals surface area contributed by atoms with Gasteiger partial charge in [0.25, 0.3) is 0 Å². The summed E-state index contributed by atoms with van der Waals surface area (Å²) in [6, 6.07) is 15.5. The molecule has 0 bridgehead atoms. The van der Waals surface area contributed by atoms with Crippen LogP contribution in [-0.2, 0) is 6.42 Å². The van der Waals surface area contributed by atoms with Crippen LogP contribution in [0, 0.1) is 17.7 Å². The molecule has 0 amide bonds. The van der Waals surface area contributed by atoms with Crippen LogP contribution >= 0.6 is 0 Å². The van der Waals surface area contributed by atoms with E-state index < -0.39 is 0 Å². The predicted octanol–water partition coefficient (Wildman–Crippen LogP) is 6.64. The molecule has 0 aliphatic heterocycles. The van der Waals surface area contributed by atoms with E-state index in [1.807, 2.05) is 6.07 Å². The van der Waals surface area contributed by atoms with E-state index in [4.69, 9.17) is 0 Å². The molecule has 1 heteroatoms. The van der Waals surface area contributed by atoms with Crippen molar-refractivity contribution in [1.82, 2.24) is 0 Å². The zero-order valence-electron chi connectivity index (χ0n) is 14.1. The van der Waals surface area contributed by atoms with Crippen LogP contribution in [0.2, 0.25) is 0 Å². The third-order valence-electron chi connectivity index (χ3n) is 5.50. The first-order chi connectivity index (χ1) is 11.2. The molecule has 0 heterocycles. The van der Waals surface area contributed by atoms with Crippen LogP contribution in [0.1, 0.15) is 51.0 Å². The Morgan fingerprint density at radius 2 is 1.57 bits per heavy atom. The first kappa shape index (κ1) is 16.2. The van der Waals surface area contributed by atoms with Crippen molar-refractivity contribution >= 4 is 0 Å². The molecule has 0 nitrogen and oxygen atoms in total.